The van der Waals surface area contributed by atoms with E-state index in [1.807, 2.05) is 19.9 Å². The lowest BCUT2D eigenvalue weighted by molar-refractivity contribution is -0.115. The molecule has 0 saturated heterocycles. The van der Waals surface area contributed by atoms with Crippen molar-refractivity contribution in [2.24, 2.45) is 0 Å². The molecule has 23 heavy (non-hydrogen) atoms. The van der Waals surface area contributed by atoms with Crippen LogP contribution in [0, 0.1) is 13.8 Å². The summed E-state index contributed by atoms with van der Waals surface area (Å²) in [6.45, 7) is 5.43. The number of aromatic nitrogens is 2. The minimum Gasteiger partial charge on any atom is -0.439 e. The summed E-state index contributed by atoms with van der Waals surface area (Å²) in [5.41, 5.74) is 3.25. The molecule has 1 aromatic carbocycles. The van der Waals surface area contributed by atoms with Gasteiger partial charge in [0.15, 0.2) is 0 Å². The van der Waals surface area contributed by atoms with Gasteiger partial charge in [0.25, 0.3) is 0 Å². The molecule has 0 saturated carbocycles. The number of fused-ring (bicyclic) bond motifs is 1. The largest absolute Gasteiger partial charge is 0.439 e. The quantitative estimate of drug-likeness (QED) is 0.732. The second-order valence-corrected chi connectivity index (χ2v) is 6.05. The van der Waals surface area contributed by atoms with Gasteiger partial charge in [0, 0.05) is 17.0 Å². The van der Waals surface area contributed by atoms with E-state index in [1.165, 1.54) is 0 Å². The van der Waals surface area contributed by atoms with E-state index in [4.69, 9.17) is 27.6 Å². The normalized spacial score (nSPS) is 11.2. The molecule has 0 radical (unpaired) electrons. The average Bonchev–Trinajstić information content (AvgIpc) is 2.95. The van der Waals surface area contributed by atoms with E-state index in [-0.39, 0.29) is 5.91 Å². The van der Waals surface area contributed by atoms with Gasteiger partial charge in [-0.2, -0.15) is 9.61 Å². The maximum Gasteiger partial charge on any atom is 0.246 e. The fourth-order valence-corrected chi connectivity index (χ4v) is 2.95. The van der Waals surface area contributed by atoms with Crippen molar-refractivity contribution < 1.29 is 9.21 Å². The molecule has 3 rings (SSSR count). The number of carbonyl (C=O) groups is 1. The van der Waals surface area contributed by atoms with Crippen molar-refractivity contribution in [3.8, 4) is 11.3 Å². The number of amides is 1. The highest BCUT2D eigenvalue weighted by Gasteiger charge is 2.22. The summed E-state index contributed by atoms with van der Waals surface area (Å²) in [6, 6.07) is 5.26. The van der Waals surface area contributed by atoms with E-state index >= 15 is 0 Å². The Bertz CT molecular complexity index is 912. The molecule has 0 bridgehead atoms. The molecule has 0 fully saturated rings. The third-order valence-electron chi connectivity index (χ3n) is 3.58. The molecule has 0 unspecified atom stereocenters. The third kappa shape index (κ3) is 2.71. The minimum atomic E-state index is -0.0943. The molecule has 5 nitrogen and oxygen atoms in total. The van der Waals surface area contributed by atoms with Crippen molar-refractivity contribution in [3.05, 3.63) is 39.7 Å². The highest BCUT2D eigenvalue weighted by molar-refractivity contribution is 6.36. The van der Waals surface area contributed by atoms with Crippen LogP contribution in [0.25, 0.3) is 17.0 Å². The number of hydrogen-bond acceptors (Lipinski definition) is 3. The van der Waals surface area contributed by atoms with Crippen LogP contribution in [-0.4, -0.2) is 15.5 Å². The van der Waals surface area contributed by atoms with E-state index in [2.05, 4.69) is 10.4 Å². The zero-order valence-electron chi connectivity index (χ0n) is 12.9. The van der Waals surface area contributed by atoms with E-state index in [9.17, 15) is 4.79 Å². The Morgan fingerprint density at radius 2 is 2.09 bits per heavy atom. The predicted molar refractivity (Wildman–Crippen MR) is 91.3 cm³/mol. The van der Waals surface area contributed by atoms with Crippen molar-refractivity contribution in [2.45, 2.75) is 27.2 Å². The predicted octanol–water partition coefficient (Wildman–Crippen LogP) is 4.87. The van der Waals surface area contributed by atoms with Gasteiger partial charge in [-0.3, -0.25) is 4.79 Å². The van der Waals surface area contributed by atoms with Crippen molar-refractivity contribution in [1.82, 2.24) is 9.61 Å². The summed E-state index contributed by atoms with van der Waals surface area (Å²) in [5, 5.41) is 8.38. The van der Waals surface area contributed by atoms with Gasteiger partial charge in [0.05, 0.1) is 10.7 Å². The summed E-state index contributed by atoms with van der Waals surface area (Å²) in [4.78, 5) is 11.7. The van der Waals surface area contributed by atoms with Crippen molar-refractivity contribution in [1.29, 1.82) is 0 Å². The number of nitrogens with one attached hydrogen (secondary N) is 1. The van der Waals surface area contributed by atoms with Crippen LogP contribution < -0.4 is 5.32 Å². The SMILES string of the molecule is CCC(=O)Nc1c(C)nn2c(-c3ccc(Cl)cc3Cl)c(C)oc12. The van der Waals surface area contributed by atoms with Gasteiger partial charge >= 0.3 is 0 Å². The standard InChI is InChI=1S/C16H15Cl2N3O2/c1-4-13(22)19-14-8(2)20-21-15(9(3)23-16(14)21)11-6-5-10(17)7-12(11)18/h5-7H,4H2,1-3H3,(H,19,22). The van der Waals surface area contributed by atoms with Crippen LogP contribution in [0.2, 0.25) is 10.0 Å². The van der Waals surface area contributed by atoms with Crippen LogP contribution in [0.15, 0.2) is 22.6 Å². The number of hydrogen-bond donors (Lipinski definition) is 1. The van der Waals surface area contributed by atoms with E-state index in [1.54, 1.807) is 23.6 Å². The van der Waals surface area contributed by atoms with Gasteiger partial charge in [-0.15, -0.1) is 0 Å². The van der Waals surface area contributed by atoms with Crippen LogP contribution in [0.4, 0.5) is 5.69 Å². The van der Waals surface area contributed by atoms with Gasteiger partial charge in [0.1, 0.15) is 17.1 Å². The topological polar surface area (TPSA) is 59.5 Å². The fourth-order valence-electron chi connectivity index (χ4n) is 2.45. The number of aryl methyl sites for hydroxylation is 2. The molecule has 1 amide bonds. The lowest BCUT2D eigenvalue weighted by Gasteiger charge is -2.03. The number of halogens is 2. The van der Waals surface area contributed by atoms with E-state index in [0.717, 1.165) is 11.3 Å². The zero-order chi connectivity index (χ0) is 16.7. The minimum absolute atomic E-state index is 0.0943. The van der Waals surface area contributed by atoms with Crippen molar-refractivity contribution in [3.63, 3.8) is 0 Å². The van der Waals surface area contributed by atoms with Gasteiger partial charge in [-0.25, -0.2) is 0 Å². The Labute approximate surface area is 143 Å². The molecule has 2 heterocycles. The molecule has 0 aliphatic rings. The van der Waals surface area contributed by atoms with E-state index in [0.29, 0.717) is 39.3 Å². The number of nitrogens with zero attached hydrogens (tertiary/aromatic N) is 2. The number of rotatable bonds is 3. The second kappa shape index (κ2) is 5.91. The number of oxazole rings is 1. The number of benzene rings is 1. The Morgan fingerprint density at radius 3 is 2.74 bits per heavy atom. The second-order valence-electron chi connectivity index (χ2n) is 5.21. The molecule has 0 spiro atoms. The fraction of sp³-hybridized carbons (Fsp3) is 0.250. The summed E-state index contributed by atoms with van der Waals surface area (Å²) in [5.74, 6) is 0.562. The van der Waals surface area contributed by atoms with Crippen molar-refractivity contribution >= 4 is 40.5 Å². The summed E-state index contributed by atoms with van der Waals surface area (Å²) in [6.07, 6.45) is 0.381. The first-order valence-corrected chi connectivity index (χ1v) is 7.92. The summed E-state index contributed by atoms with van der Waals surface area (Å²) >= 11 is 12.3. The average molecular weight is 352 g/mol. The molecule has 0 aliphatic carbocycles. The third-order valence-corrected chi connectivity index (χ3v) is 4.13. The number of anilines is 1. The zero-order valence-corrected chi connectivity index (χ0v) is 14.4. The molecule has 7 heteroatoms. The monoisotopic (exact) mass is 351 g/mol. The molecule has 0 atom stereocenters. The number of carbonyl (C=O) groups excluding carboxylic acids is 1. The lowest BCUT2D eigenvalue weighted by Crippen LogP contribution is -2.09. The first-order chi connectivity index (χ1) is 10.9. The van der Waals surface area contributed by atoms with Crippen LogP contribution in [0.1, 0.15) is 24.8 Å². The molecule has 0 aliphatic heterocycles. The molecule has 3 aromatic rings. The molecular weight excluding hydrogens is 337 g/mol. The highest BCUT2D eigenvalue weighted by Crippen LogP contribution is 2.36. The first-order valence-electron chi connectivity index (χ1n) is 7.16. The Kier molecular flexibility index (Phi) is 4.08. The Morgan fingerprint density at radius 1 is 1.35 bits per heavy atom. The highest BCUT2D eigenvalue weighted by atomic mass is 35.5. The maximum atomic E-state index is 11.7. The van der Waals surface area contributed by atoms with Gasteiger partial charge in [-0.05, 0) is 32.0 Å². The van der Waals surface area contributed by atoms with Crippen LogP contribution in [0.5, 0.6) is 0 Å². The summed E-state index contributed by atoms with van der Waals surface area (Å²) < 4.78 is 7.49. The molecular formula is C16H15Cl2N3O2. The smallest absolute Gasteiger partial charge is 0.246 e. The van der Waals surface area contributed by atoms with Gasteiger partial charge < -0.3 is 9.73 Å². The van der Waals surface area contributed by atoms with Crippen LogP contribution in [0.3, 0.4) is 0 Å². The molecule has 120 valence electrons. The van der Waals surface area contributed by atoms with Crippen LogP contribution in [-0.2, 0) is 4.79 Å². The molecule has 2 aromatic heterocycles. The Hall–Kier alpha value is -1.98. The van der Waals surface area contributed by atoms with Gasteiger partial charge in [-0.1, -0.05) is 30.1 Å². The molecule has 1 N–H and O–H groups in total. The Balaban J connectivity index is 2.21. The first kappa shape index (κ1) is 15.9. The van der Waals surface area contributed by atoms with Crippen molar-refractivity contribution in [2.75, 3.05) is 5.32 Å². The van der Waals surface area contributed by atoms with E-state index < -0.39 is 0 Å². The van der Waals surface area contributed by atoms with Gasteiger partial charge in [0.2, 0.25) is 11.6 Å². The van der Waals surface area contributed by atoms with Crippen LogP contribution >= 0.6 is 23.2 Å². The lowest BCUT2D eigenvalue weighted by atomic mass is 10.1. The summed E-state index contributed by atoms with van der Waals surface area (Å²) in [7, 11) is 0. The maximum absolute atomic E-state index is 11.7.